The molecule has 0 aliphatic carbocycles. The van der Waals surface area contributed by atoms with Gasteiger partial charge in [0, 0.05) is 29.1 Å². The average molecular weight is 515 g/mol. The Morgan fingerprint density at radius 3 is 2.57 bits per heavy atom. The maximum atomic E-state index is 13.5. The maximum Gasteiger partial charge on any atom is 0.226 e. The molecule has 2 aromatic heterocycles. The van der Waals surface area contributed by atoms with E-state index in [1.165, 1.54) is 12.1 Å². The summed E-state index contributed by atoms with van der Waals surface area (Å²) in [7, 11) is 0. The Morgan fingerprint density at radius 2 is 1.89 bits per heavy atom. The number of nitrogens with one attached hydrogen (secondary N) is 2. The number of hydrogen-bond donors (Lipinski definition) is 2. The number of furan rings is 1. The van der Waals surface area contributed by atoms with Crippen molar-refractivity contribution in [2.24, 2.45) is 5.92 Å². The molecule has 0 radical (unpaired) electrons. The molecule has 1 amide bonds. The Labute approximate surface area is 220 Å². The van der Waals surface area contributed by atoms with Gasteiger partial charge < -0.3 is 20.0 Å². The molecule has 1 aliphatic rings. The topological polar surface area (TPSA) is 70.4 Å². The largest absolute Gasteiger partial charge is 0.459 e. The molecule has 2 N–H and O–H groups in total. The molecular weight excluding hydrogens is 487 g/mol. The molecular formula is C29H27FN4O2S. The molecule has 0 spiro atoms. The van der Waals surface area contributed by atoms with Crippen LogP contribution in [-0.2, 0) is 4.79 Å². The van der Waals surface area contributed by atoms with Crippen molar-refractivity contribution in [2.75, 3.05) is 10.2 Å². The second kappa shape index (κ2) is 10.1. The van der Waals surface area contributed by atoms with Crippen molar-refractivity contribution in [1.82, 2.24) is 10.3 Å². The predicted octanol–water partition coefficient (Wildman–Crippen LogP) is 6.56. The smallest absolute Gasteiger partial charge is 0.226 e. The third-order valence-corrected chi connectivity index (χ3v) is 6.73. The number of carbonyl (C=O) groups is 1. The molecule has 188 valence electrons. The van der Waals surface area contributed by atoms with Gasteiger partial charge in [0.2, 0.25) is 5.91 Å². The number of aryl methyl sites for hydroxylation is 1. The minimum Gasteiger partial charge on any atom is -0.459 e. The lowest BCUT2D eigenvalue weighted by atomic mass is 10.0. The maximum absolute atomic E-state index is 13.5. The SMILES string of the molecule is Cc1cc(N2C(=S)N[C@H](c3ccccn3)[C@H]2c2ccc(-c3ccc(F)cc3)o2)ccc1NC(=O)C(C)C. The van der Waals surface area contributed by atoms with E-state index in [4.69, 9.17) is 16.6 Å². The number of hydrogen-bond acceptors (Lipinski definition) is 4. The molecule has 2 aromatic carbocycles. The van der Waals surface area contributed by atoms with E-state index < -0.39 is 0 Å². The lowest BCUT2D eigenvalue weighted by Crippen LogP contribution is -2.29. The lowest BCUT2D eigenvalue weighted by molar-refractivity contribution is -0.118. The van der Waals surface area contributed by atoms with Crippen LogP contribution in [0.15, 0.2) is 83.4 Å². The van der Waals surface area contributed by atoms with Crippen molar-refractivity contribution in [2.45, 2.75) is 32.9 Å². The third kappa shape index (κ3) is 4.97. The highest BCUT2D eigenvalue weighted by atomic mass is 32.1. The zero-order chi connectivity index (χ0) is 26.1. The Balaban J connectivity index is 1.54. The Morgan fingerprint density at radius 1 is 1.11 bits per heavy atom. The van der Waals surface area contributed by atoms with Gasteiger partial charge in [0.25, 0.3) is 0 Å². The summed E-state index contributed by atoms with van der Waals surface area (Å²) in [5.41, 5.74) is 4.15. The number of anilines is 2. The summed E-state index contributed by atoms with van der Waals surface area (Å²) >= 11 is 5.81. The first-order chi connectivity index (χ1) is 17.8. The Kier molecular flexibility index (Phi) is 6.76. The van der Waals surface area contributed by atoms with Gasteiger partial charge >= 0.3 is 0 Å². The number of benzene rings is 2. The standard InChI is InChI=1S/C29H27FN4O2S/c1-17(2)28(35)32-22-12-11-21(16-18(22)3)34-27(26(33-29(34)37)23-6-4-5-15-31-23)25-14-13-24(36-25)19-7-9-20(30)10-8-19/h4-17,26-27H,1-3H3,(H,32,35)(H,33,37)/t26-,27-/m1/s1. The molecule has 0 bridgehead atoms. The van der Waals surface area contributed by atoms with Gasteiger partial charge in [-0.05, 0) is 91.4 Å². The minimum absolute atomic E-state index is 0.0359. The van der Waals surface area contributed by atoms with Crippen LogP contribution in [0.4, 0.5) is 15.8 Å². The molecule has 1 aliphatic heterocycles. The number of nitrogens with zero attached hydrogens (tertiary/aromatic N) is 2. The summed E-state index contributed by atoms with van der Waals surface area (Å²) in [5, 5.41) is 6.94. The monoisotopic (exact) mass is 514 g/mol. The second-order valence-corrected chi connectivity index (χ2v) is 9.74. The van der Waals surface area contributed by atoms with E-state index in [1.807, 2.05) is 74.2 Å². The molecule has 0 saturated carbocycles. The summed E-state index contributed by atoms with van der Waals surface area (Å²) in [6, 6.07) is 21.0. The fourth-order valence-corrected chi connectivity index (χ4v) is 4.76. The molecule has 37 heavy (non-hydrogen) atoms. The van der Waals surface area contributed by atoms with Crippen molar-refractivity contribution in [3.63, 3.8) is 0 Å². The number of rotatable bonds is 6. The van der Waals surface area contributed by atoms with Crippen LogP contribution in [-0.4, -0.2) is 16.0 Å². The van der Waals surface area contributed by atoms with E-state index in [1.54, 1.807) is 18.3 Å². The fourth-order valence-electron chi connectivity index (χ4n) is 4.42. The summed E-state index contributed by atoms with van der Waals surface area (Å²) in [6.45, 7) is 5.68. The van der Waals surface area contributed by atoms with Crippen molar-refractivity contribution in [3.8, 4) is 11.3 Å². The van der Waals surface area contributed by atoms with Crippen molar-refractivity contribution >= 4 is 34.6 Å². The predicted molar refractivity (Wildman–Crippen MR) is 147 cm³/mol. The van der Waals surface area contributed by atoms with Gasteiger partial charge in [-0.25, -0.2) is 4.39 Å². The number of thiocarbonyl (C=S) groups is 1. The minimum atomic E-state index is -0.327. The van der Waals surface area contributed by atoms with E-state index in [2.05, 4.69) is 15.6 Å². The molecule has 1 saturated heterocycles. The zero-order valence-electron chi connectivity index (χ0n) is 20.7. The zero-order valence-corrected chi connectivity index (χ0v) is 21.6. The van der Waals surface area contributed by atoms with Crippen LogP contribution in [0.5, 0.6) is 0 Å². The number of halogens is 1. The molecule has 6 nitrogen and oxygen atoms in total. The highest BCUT2D eigenvalue weighted by Gasteiger charge is 2.42. The van der Waals surface area contributed by atoms with Gasteiger partial charge in [-0.3, -0.25) is 9.78 Å². The molecule has 8 heteroatoms. The highest BCUT2D eigenvalue weighted by Crippen LogP contribution is 2.43. The summed E-state index contributed by atoms with van der Waals surface area (Å²) < 4.78 is 19.8. The van der Waals surface area contributed by atoms with Crippen LogP contribution in [0.1, 0.15) is 42.9 Å². The first kappa shape index (κ1) is 24.6. The first-order valence-corrected chi connectivity index (χ1v) is 12.5. The molecule has 4 aromatic rings. The van der Waals surface area contributed by atoms with Gasteiger partial charge in [-0.15, -0.1) is 0 Å². The highest BCUT2D eigenvalue weighted by molar-refractivity contribution is 7.80. The third-order valence-electron chi connectivity index (χ3n) is 6.42. The number of pyridine rings is 1. The van der Waals surface area contributed by atoms with Crippen LogP contribution in [0.25, 0.3) is 11.3 Å². The van der Waals surface area contributed by atoms with Crippen LogP contribution >= 0.6 is 12.2 Å². The average Bonchev–Trinajstić information content (AvgIpc) is 3.51. The molecule has 2 atom stereocenters. The Bertz CT molecular complexity index is 1440. The summed E-state index contributed by atoms with van der Waals surface area (Å²) in [6.07, 6.45) is 1.75. The van der Waals surface area contributed by atoms with Crippen molar-refractivity contribution in [3.05, 3.63) is 102 Å². The summed E-state index contributed by atoms with van der Waals surface area (Å²) in [4.78, 5) is 18.8. The number of aromatic nitrogens is 1. The number of amides is 1. The van der Waals surface area contributed by atoms with E-state index in [9.17, 15) is 9.18 Å². The second-order valence-electron chi connectivity index (χ2n) is 9.35. The van der Waals surface area contributed by atoms with Gasteiger partial charge in [-0.2, -0.15) is 0 Å². The van der Waals surface area contributed by atoms with Crippen LogP contribution < -0.4 is 15.5 Å². The normalized spacial score (nSPS) is 17.2. The van der Waals surface area contributed by atoms with Gasteiger partial charge in [0.05, 0.1) is 11.7 Å². The summed E-state index contributed by atoms with van der Waals surface area (Å²) in [5.74, 6) is 0.872. The van der Waals surface area contributed by atoms with E-state index >= 15 is 0 Å². The first-order valence-electron chi connectivity index (χ1n) is 12.1. The van der Waals surface area contributed by atoms with E-state index in [0.29, 0.717) is 16.6 Å². The molecule has 1 fully saturated rings. The molecule has 0 unspecified atom stereocenters. The van der Waals surface area contributed by atoms with Crippen LogP contribution in [0.2, 0.25) is 0 Å². The molecule has 3 heterocycles. The van der Waals surface area contributed by atoms with Gasteiger partial charge in [0.15, 0.2) is 5.11 Å². The fraction of sp³-hybridized carbons (Fsp3) is 0.207. The Hall–Kier alpha value is -4.04. The lowest BCUT2D eigenvalue weighted by Gasteiger charge is -2.27. The van der Waals surface area contributed by atoms with Crippen LogP contribution in [0.3, 0.4) is 0 Å². The van der Waals surface area contributed by atoms with Crippen molar-refractivity contribution < 1.29 is 13.6 Å². The van der Waals surface area contributed by atoms with E-state index in [0.717, 1.165) is 28.2 Å². The quantitative estimate of drug-likeness (QED) is 0.284. The van der Waals surface area contributed by atoms with Gasteiger partial charge in [-0.1, -0.05) is 19.9 Å². The van der Waals surface area contributed by atoms with Gasteiger partial charge in [0.1, 0.15) is 23.4 Å². The van der Waals surface area contributed by atoms with Crippen LogP contribution in [0, 0.1) is 18.7 Å². The van der Waals surface area contributed by atoms with E-state index in [-0.39, 0.29) is 29.7 Å². The molecule has 5 rings (SSSR count). The van der Waals surface area contributed by atoms with Crippen molar-refractivity contribution in [1.29, 1.82) is 0 Å². The number of carbonyl (C=O) groups excluding carboxylic acids is 1.